The van der Waals surface area contributed by atoms with E-state index in [-0.39, 0.29) is 0 Å². The van der Waals surface area contributed by atoms with Crippen molar-refractivity contribution < 1.29 is 0 Å². The molecule has 5 nitrogen and oxygen atoms in total. The Morgan fingerprint density at radius 2 is 2.06 bits per heavy atom. The number of imidazole rings is 1. The van der Waals surface area contributed by atoms with Crippen molar-refractivity contribution in [3.05, 3.63) is 5.69 Å². The molecular weight excluding hydrogens is 226 g/mol. The fourth-order valence-electron chi connectivity index (χ4n) is 2.52. The molecule has 2 rings (SSSR count). The summed E-state index contributed by atoms with van der Waals surface area (Å²) in [6.07, 6.45) is 4.42. The maximum absolute atomic E-state index is 6.07. The lowest BCUT2D eigenvalue weighted by molar-refractivity contribution is 0.493. The molecule has 0 aliphatic heterocycles. The number of unbranched alkanes of at least 4 members (excludes halogenated alkanes) is 1. The Kier molecular flexibility index (Phi) is 3.59. The molecule has 18 heavy (non-hydrogen) atoms. The van der Waals surface area contributed by atoms with Gasteiger partial charge in [0.25, 0.3) is 0 Å². The summed E-state index contributed by atoms with van der Waals surface area (Å²) in [5.41, 5.74) is 9.11. The standard InChI is InChI=1S/C13H23N5/c1-5-7-8-9(3)18-12-11(15-13(18)14)10(6-2)16-17(12)4/h9H,5-8H2,1-4H3,(H2,14,15). The first-order valence-electron chi connectivity index (χ1n) is 6.79. The lowest BCUT2D eigenvalue weighted by Gasteiger charge is -2.15. The summed E-state index contributed by atoms with van der Waals surface area (Å²) >= 11 is 0. The molecule has 0 spiro atoms. The molecule has 0 bridgehead atoms. The molecule has 0 radical (unpaired) electrons. The Morgan fingerprint density at radius 3 is 2.67 bits per heavy atom. The van der Waals surface area contributed by atoms with Gasteiger partial charge in [0.1, 0.15) is 5.52 Å². The third kappa shape index (κ3) is 1.98. The number of nitrogens with zero attached hydrogens (tertiary/aromatic N) is 4. The summed E-state index contributed by atoms with van der Waals surface area (Å²) in [5, 5.41) is 4.51. The van der Waals surface area contributed by atoms with Gasteiger partial charge in [-0.05, 0) is 19.8 Å². The molecule has 0 aliphatic rings. The largest absolute Gasteiger partial charge is 0.369 e. The lowest BCUT2D eigenvalue weighted by Crippen LogP contribution is -2.11. The van der Waals surface area contributed by atoms with Crippen molar-refractivity contribution in [1.29, 1.82) is 0 Å². The van der Waals surface area contributed by atoms with Crippen molar-refractivity contribution in [2.45, 2.75) is 52.5 Å². The third-order valence-electron chi connectivity index (χ3n) is 3.51. The zero-order valence-electron chi connectivity index (χ0n) is 11.8. The molecule has 1 atom stereocenters. The van der Waals surface area contributed by atoms with Crippen LogP contribution in [0, 0.1) is 0 Å². The van der Waals surface area contributed by atoms with Crippen molar-refractivity contribution in [2.24, 2.45) is 7.05 Å². The summed E-state index contributed by atoms with van der Waals surface area (Å²) < 4.78 is 4.02. The molecule has 0 aromatic carbocycles. The molecule has 2 N–H and O–H groups in total. The van der Waals surface area contributed by atoms with E-state index >= 15 is 0 Å². The van der Waals surface area contributed by atoms with Gasteiger partial charge in [-0.1, -0.05) is 26.7 Å². The van der Waals surface area contributed by atoms with Crippen LogP contribution in [0.3, 0.4) is 0 Å². The van der Waals surface area contributed by atoms with E-state index in [9.17, 15) is 0 Å². The predicted octanol–water partition coefficient (Wildman–Crippen LogP) is 2.67. The van der Waals surface area contributed by atoms with Crippen molar-refractivity contribution in [3.8, 4) is 0 Å². The van der Waals surface area contributed by atoms with E-state index in [4.69, 9.17) is 5.73 Å². The van der Waals surface area contributed by atoms with E-state index in [2.05, 4.69) is 35.4 Å². The maximum Gasteiger partial charge on any atom is 0.202 e. The highest BCUT2D eigenvalue weighted by atomic mass is 15.4. The minimum Gasteiger partial charge on any atom is -0.369 e. The van der Waals surface area contributed by atoms with Crippen LogP contribution in [-0.4, -0.2) is 19.3 Å². The average molecular weight is 249 g/mol. The van der Waals surface area contributed by atoms with E-state index in [1.54, 1.807) is 0 Å². The number of nitrogen functional groups attached to an aromatic ring is 1. The molecule has 2 aromatic heterocycles. The number of aryl methyl sites for hydroxylation is 2. The number of fused-ring (bicyclic) bond motifs is 1. The molecule has 0 aliphatic carbocycles. The van der Waals surface area contributed by atoms with Gasteiger partial charge in [0, 0.05) is 13.1 Å². The third-order valence-corrected chi connectivity index (χ3v) is 3.51. The summed E-state index contributed by atoms with van der Waals surface area (Å²) in [6.45, 7) is 6.50. The first kappa shape index (κ1) is 12.9. The maximum atomic E-state index is 6.07. The van der Waals surface area contributed by atoms with E-state index in [0.717, 1.165) is 29.7 Å². The van der Waals surface area contributed by atoms with Crippen LogP contribution in [0.25, 0.3) is 11.2 Å². The van der Waals surface area contributed by atoms with Gasteiger partial charge in [-0.15, -0.1) is 0 Å². The second-order valence-electron chi connectivity index (χ2n) is 4.93. The molecule has 100 valence electrons. The van der Waals surface area contributed by atoms with Crippen molar-refractivity contribution in [1.82, 2.24) is 19.3 Å². The summed E-state index contributed by atoms with van der Waals surface area (Å²) in [7, 11) is 1.96. The number of hydrogen-bond donors (Lipinski definition) is 1. The Morgan fingerprint density at radius 1 is 1.33 bits per heavy atom. The van der Waals surface area contributed by atoms with Gasteiger partial charge in [-0.2, -0.15) is 5.10 Å². The quantitative estimate of drug-likeness (QED) is 0.886. The van der Waals surface area contributed by atoms with Crippen molar-refractivity contribution >= 4 is 17.1 Å². The van der Waals surface area contributed by atoms with E-state index in [1.165, 1.54) is 12.8 Å². The van der Waals surface area contributed by atoms with Crippen LogP contribution in [-0.2, 0) is 13.5 Å². The lowest BCUT2D eigenvalue weighted by atomic mass is 10.1. The monoisotopic (exact) mass is 249 g/mol. The first-order chi connectivity index (χ1) is 8.60. The van der Waals surface area contributed by atoms with Crippen LogP contribution >= 0.6 is 0 Å². The Hall–Kier alpha value is -1.52. The highest BCUT2D eigenvalue weighted by Crippen LogP contribution is 2.27. The Balaban J connectivity index is 2.49. The zero-order valence-corrected chi connectivity index (χ0v) is 11.8. The van der Waals surface area contributed by atoms with Crippen molar-refractivity contribution in [3.63, 3.8) is 0 Å². The van der Waals surface area contributed by atoms with Gasteiger partial charge in [0.05, 0.1) is 5.69 Å². The van der Waals surface area contributed by atoms with E-state index < -0.39 is 0 Å². The summed E-state index contributed by atoms with van der Waals surface area (Å²) in [4.78, 5) is 4.49. The Bertz CT molecular complexity index is 537. The van der Waals surface area contributed by atoms with Crippen LogP contribution in [0.15, 0.2) is 0 Å². The molecule has 0 saturated heterocycles. The number of aromatic nitrogens is 4. The minimum atomic E-state index is 0.370. The number of nitrogens with two attached hydrogens (primary N) is 1. The molecule has 2 heterocycles. The van der Waals surface area contributed by atoms with Gasteiger partial charge in [0.2, 0.25) is 5.95 Å². The fraction of sp³-hybridized carbons (Fsp3) is 0.692. The molecular formula is C13H23N5. The number of rotatable bonds is 5. The molecule has 0 fully saturated rings. The van der Waals surface area contributed by atoms with E-state index in [0.29, 0.717) is 12.0 Å². The van der Waals surface area contributed by atoms with Gasteiger partial charge in [-0.25, -0.2) is 4.98 Å². The molecule has 0 amide bonds. The topological polar surface area (TPSA) is 61.7 Å². The van der Waals surface area contributed by atoms with Crippen LogP contribution < -0.4 is 5.73 Å². The van der Waals surface area contributed by atoms with Crippen LogP contribution in [0.1, 0.15) is 51.8 Å². The molecule has 2 aromatic rings. The fourth-order valence-corrected chi connectivity index (χ4v) is 2.52. The van der Waals surface area contributed by atoms with Gasteiger partial charge >= 0.3 is 0 Å². The van der Waals surface area contributed by atoms with Crippen LogP contribution in [0.2, 0.25) is 0 Å². The summed E-state index contributed by atoms with van der Waals surface area (Å²) in [6, 6.07) is 0.370. The summed E-state index contributed by atoms with van der Waals surface area (Å²) in [5.74, 6) is 0.608. The molecule has 1 unspecified atom stereocenters. The van der Waals surface area contributed by atoms with Crippen LogP contribution in [0.5, 0.6) is 0 Å². The number of anilines is 1. The number of hydrogen-bond acceptors (Lipinski definition) is 3. The smallest absolute Gasteiger partial charge is 0.202 e. The second kappa shape index (κ2) is 5.00. The molecule has 0 saturated carbocycles. The highest BCUT2D eigenvalue weighted by molar-refractivity contribution is 5.78. The zero-order chi connectivity index (χ0) is 13.3. The van der Waals surface area contributed by atoms with Crippen molar-refractivity contribution in [2.75, 3.05) is 5.73 Å². The van der Waals surface area contributed by atoms with Crippen LogP contribution in [0.4, 0.5) is 5.95 Å². The van der Waals surface area contributed by atoms with Gasteiger partial charge in [0.15, 0.2) is 5.65 Å². The Labute approximate surface area is 108 Å². The average Bonchev–Trinajstić information content (AvgIpc) is 2.83. The van der Waals surface area contributed by atoms with E-state index in [1.807, 2.05) is 11.7 Å². The second-order valence-corrected chi connectivity index (χ2v) is 4.93. The first-order valence-corrected chi connectivity index (χ1v) is 6.79. The van der Waals surface area contributed by atoms with Gasteiger partial charge in [-0.3, -0.25) is 9.25 Å². The van der Waals surface area contributed by atoms with Gasteiger partial charge < -0.3 is 5.73 Å². The SMILES string of the molecule is CCCCC(C)n1c(N)nc2c(CC)nn(C)c21. The predicted molar refractivity (Wildman–Crippen MR) is 74.5 cm³/mol. The highest BCUT2D eigenvalue weighted by Gasteiger charge is 2.19. The molecule has 5 heteroatoms. The minimum absolute atomic E-state index is 0.370. The normalized spacial score (nSPS) is 13.3.